The highest BCUT2D eigenvalue weighted by Crippen LogP contribution is 2.28. The third kappa shape index (κ3) is 6.11. The molecule has 5 rings (SSSR count). The zero-order valence-corrected chi connectivity index (χ0v) is 21.6. The monoisotopic (exact) mass is 505 g/mol. The topological polar surface area (TPSA) is 81.6 Å². The number of benzene rings is 1. The number of aromatic nitrogens is 2. The SMILES string of the molecule is O=C(c1ccc(Nc2nccc(-c3ccc(CCCCO)s3)n2)cc1)N1CCC(N2CCCC2)CC1. The number of amides is 1. The van der Waals surface area contributed by atoms with Gasteiger partial charge in [-0.15, -0.1) is 11.3 Å². The summed E-state index contributed by atoms with van der Waals surface area (Å²) in [6.45, 7) is 4.36. The number of hydrogen-bond donors (Lipinski definition) is 2. The predicted molar refractivity (Wildman–Crippen MR) is 145 cm³/mol. The van der Waals surface area contributed by atoms with E-state index in [1.165, 1.54) is 30.8 Å². The summed E-state index contributed by atoms with van der Waals surface area (Å²) >= 11 is 1.73. The lowest BCUT2D eigenvalue weighted by Crippen LogP contribution is -2.45. The quantitative estimate of drug-likeness (QED) is 0.400. The molecule has 2 aliphatic heterocycles. The van der Waals surface area contributed by atoms with Gasteiger partial charge >= 0.3 is 0 Å². The predicted octanol–water partition coefficient (Wildman–Crippen LogP) is 4.96. The molecule has 2 N–H and O–H groups in total. The minimum atomic E-state index is 0.118. The molecule has 36 heavy (non-hydrogen) atoms. The minimum absolute atomic E-state index is 0.118. The lowest BCUT2D eigenvalue weighted by Gasteiger charge is -2.36. The van der Waals surface area contributed by atoms with Gasteiger partial charge in [0.05, 0.1) is 10.6 Å². The summed E-state index contributed by atoms with van der Waals surface area (Å²) in [4.78, 5) is 29.1. The maximum absolute atomic E-state index is 13.0. The van der Waals surface area contributed by atoms with Gasteiger partial charge in [0.15, 0.2) is 0 Å². The van der Waals surface area contributed by atoms with Crippen molar-refractivity contribution in [3.8, 4) is 10.6 Å². The molecule has 4 heterocycles. The van der Waals surface area contributed by atoms with Crippen molar-refractivity contribution in [2.45, 2.75) is 51.0 Å². The second kappa shape index (κ2) is 12.0. The highest BCUT2D eigenvalue weighted by atomic mass is 32.1. The lowest BCUT2D eigenvalue weighted by molar-refractivity contribution is 0.0644. The number of carbonyl (C=O) groups is 1. The fourth-order valence-electron chi connectivity index (χ4n) is 5.17. The third-order valence-corrected chi connectivity index (χ3v) is 8.37. The Morgan fingerprint density at radius 3 is 2.53 bits per heavy atom. The van der Waals surface area contributed by atoms with E-state index in [2.05, 4.69) is 32.3 Å². The van der Waals surface area contributed by atoms with Gasteiger partial charge in [-0.3, -0.25) is 4.79 Å². The van der Waals surface area contributed by atoms with Gasteiger partial charge in [0.1, 0.15) is 0 Å². The highest BCUT2D eigenvalue weighted by molar-refractivity contribution is 7.15. The van der Waals surface area contributed by atoms with Crippen LogP contribution in [-0.2, 0) is 6.42 Å². The van der Waals surface area contributed by atoms with Gasteiger partial charge in [0.25, 0.3) is 5.91 Å². The van der Waals surface area contributed by atoms with Gasteiger partial charge in [-0.2, -0.15) is 0 Å². The van der Waals surface area contributed by atoms with Crippen LogP contribution in [-0.4, -0.2) is 69.6 Å². The molecule has 0 unspecified atom stereocenters. The summed E-state index contributed by atoms with van der Waals surface area (Å²) in [6, 6.07) is 14.4. The van der Waals surface area contributed by atoms with Crippen molar-refractivity contribution in [2.75, 3.05) is 38.1 Å². The first-order chi connectivity index (χ1) is 17.7. The average Bonchev–Trinajstić information content (AvgIpc) is 3.62. The standard InChI is InChI=1S/C28H35N5O2S/c34-20-4-1-5-24-10-11-26(36-24)25-12-15-29-28(31-25)30-22-8-6-21(7-9-22)27(35)33-18-13-23(14-19-33)32-16-2-3-17-32/h6-12,15,23,34H,1-5,13-14,16-20H2,(H,29,30,31). The number of thiophene rings is 1. The van der Waals surface area contributed by atoms with Crippen molar-refractivity contribution in [2.24, 2.45) is 0 Å². The van der Waals surface area contributed by atoms with E-state index in [1.807, 2.05) is 35.2 Å². The summed E-state index contributed by atoms with van der Waals surface area (Å²) in [6.07, 6.45) is 9.34. The first-order valence-corrected chi connectivity index (χ1v) is 13.9. The fraction of sp³-hybridized carbons (Fsp3) is 0.464. The van der Waals surface area contributed by atoms with Crippen LogP contribution in [0.4, 0.5) is 11.6 Å². The Labute approximate surface area is 217 Å². The van der Waals surface area contributed by atoms with Gasteiger partial charge in [-0.1, -0.05) is 0 Å². The molecule has 0 bridgehead atoms. The van der Waals surface area contributed by atoms with Crippen molar-refractivity contribution in [3.05, 3.63) is 59.1 Å². The molecule has 2 fully saturated rings. The minimum Gasteiger partial charge on any atom is -0.396 e. The Bertz CT molecular complexity index is 1130. The molecule has 1 aromatic carbocycles. The van der Waals surface area contributed by atoms with Crippen molar-refractivity contribution >= 4 is 28.9 Å². The Balaban J connectivity index is 1.16. The zero-order chi connectivity index (χ0) is 24.7. The third-order valence-electron chi connectivity index (χ3n) is 7.20. The number of likely N-dealkylation sites (tertiary alicyclic amines) is 2. The van der Waals surface area contributed by atoms with E-state index in [1.54, 1.807) is 17.5 Å². The van der Waals surface area contributed by atoms with Crippen LogP contribution in [0.5, 0.6) is 0 Å². The second-order valence-corrected chi connectivity index (χ2v) is 10.8. The van der Waals surface area contributed by atoms with E-state index in [0.29, 0.717) is 12.0 Å². The lowest BCUT2D eigenvalue weighted by atomic mass is 10.0. The largest absolute Gasteiger partial charge is 0.396 e. The summed E-state index contributed by atoms with van der Waals surface area (Å²) < 4.78 is 0. The molecule has 0 atom stereocenters. The molecule has 2 saturated heterocycles. The summed E-state index contributed by atoms with van der Waals surface area (Å²) in [5.74, 6) is 0.651. The van der Waals surface area contributed by atoms with Crippen LogP contribution in [0.15, 0.2) is 48.7 Å². The number of aliphatic hydroxyl groups excluding tert-OH is 1. The van der Waals surface area contributed by atoms with Crippen LogP contribution >= 0.6 is 11.3 Å². The van der Waals surface area contributed by atoms with Crippen molar-refractivity contribution in [1.29, 1.82) is 0 Å². The van der Waals surface area contributed by atoms with E-state index < -0.39 is 0 Å². The molecule has 190 valence electrons. The van der Waals surface area contributed by atoms with Gasteiger partial charge in [-0.25, -0.2) is 9.97 Å². The molecule has 8 heteroatoms. The normalized spacial score (nSPS) is 17.0. The maximum atomic E-state index is 13.0. The maximum Gasteiger partial charge on any atom is 0.253 e. The fourth-order valence-corrected chi connectivity index (χ4v) is 6.19. The van der Waals surface area contributed by atoms with E-state index >= 15 is 0 Å². The molecule has 0 radical (unpaired) electrons. The van der Waals surface area contributed by atoms with Crippen LogP contribution in [0.2, 0.25) is 0 Å². The molecule has 2 aliphatic rings. The average molecular weight is 506 g/mol. The molecule has 1 amide bonds. The van der Waals surface area contributed by atoms with E-state index in [4.69, 9.17) is 5.11 Å². The first-order valence-electron chi connectivity index (χ1n) is 13.1. The van der Waals surface area contributed by atoms with E-state index in [0.717, 1.165) is 67.0 Å². The van der Waals surface area contributed by atoms with Gasteiger partial charge in [0.2, 0.25) is 5.95 Å². The van der Waals surface area contributed by atoms with E-state index in [-0.39, 0.29) is 12.5 Å². The number of rotatable bonds is 9. The summed E-state index contributed by atoms with van der Waals surface area (Å²) in [5, 5.41) is 12.3. The number of unbranched alkanes of at least 4 members (excludes halogenated alkanes) is 1. The smallest absolute Gasteiger partial charge is 0.253 e. The molecule has 0 spiro atoms. The number of nitrogens with zero attached hydrogens (tertiary/aromatic N) is 4. The second-order valence-electron chi connectivity index (χ2n) is 9.68. The Kier molecular flexibility index (Phi) is 8.25. The van der Waals surface area contributed by atoms with Crippen molar-refractivity contribution in [3.63, 3.8) is 0 Å². The number of aryl methyl sites for hydroxylation is 1. The summed E-state index contributed by atoms with van der Waals surface area (Å²) in [7, 11) is 0. The summed E-state index contributed by atoms with van der Waals surface area (Å²) in [5.41, 5.74) is 2.46. The first kappa shape index (κ1) is 24.9. The van der Waals surface area contributed by atoms with Crippen LogP contribution in [0.3, 0.4) is 0 Å². The van der Waals surface area contributed by atoms with E-state index in [9.17, 15) is 4.79 Å². The van der Waals surface area contributed by atoms with Crippen LogP contribution in [0, 0.1) is 0 Å². The Morgan fingerprint density at radius 2 is 1.78 bits per heavy atom. The molecule has 7 nitrogen and oxygen atoms in total. The van der Waals surface area contributed by atoms with Gasteiger partial charge in [0, 0.05) is 48.1 Å². The molecule has 0 saturated carbocycles. The van der Waals surface area contributed by atoms with Crippen LogP contribution in [0.25, 0.3) is 10.6 Å². The number of anilines is 2. The number of nitrogens with one attached hydrogen (secondary N) is 1. The Morgan fingerprint density at radius 1 is 1.00 bits per heavy atom. The van der Waals surface area contributed by atoms with Crippen molar-refractivity contribution in [1.82, 2.24) is 19.8 Å². The molecule has 0 aliphatic carbocycles. The number of carbonyl (C=O) groups excluding carboxylic acids is 1. The molecular weight excluding hydrogens is 470 g/mol. The number of hydrogen-bond acceptors (Lipinski definition) is 7. The zero-order valence-electron chi connectivity index (χ0n) is 20.7. The molecule has 3 aromatic rings. The van der Waals surface area contributed by atoms with Gasteiger partial charge in [-0.05, 0) is 100 Å². The van der Waals surface area contributed by atoms with Crippen LogP contribution < -0.4 is 5.32 Å². The molecule has 2 aromatic heterocycles. The highest BCUT2D eigenvalue weighted by Gasteiger charge is 2.28. The Hall–Kier alpha value is -2.81. The van der Waals surface area contributed by atoms with Gasteiger partial charge < -0.3 is 20.2 Å². The number of piperidine rings is 1. The molecular formula is C28H35N5O2S. The van der Waals surface area contributed by atoms with Crippen molar-refractivity contribution < 1.29 is 9.90 Å². The van der Waals surface area contributed by atoms with Crippen LogP contribution in [0.1, 0.15) is 53.8 Å². The number of aliphatic hydroxyl groups is 1.